The number of fused-ring (bicyclic) bond motifs is 1. The number of aliphatic hydroxyl groups excluding tert-OH is 1. The van der Waals surface area contributed by atoms with Crippen LogP contribution < -0.4 is 11.0 Å². The first-order valence-electron chi connectivity index (χ1n) is 9.73. The highest BCUT2D eigenvalue weighted by Crippen LogP contribution is 2.28. The molecule has 28 heavy (non-hydrogen) atoms. The zero-order valence-electron chi connectivity index (χ0n) is 16.5. The Morgan fingerprint density at radius 1 is 1.29 bits per heavy atom. The Labute approximate surface area is 169 Å². The highest BCUT2D eigenvalue weighted by Gasteiger charge is 2.21. The van der Waals surface area contributed by atoms with Gasteiger partial charge in [0.1, 0.15) is 5.03 Å². The van der Waals surface area contributed by atoms with E-state index in [1.165, 1.54) is 11.8 Å². The normalized spacial score (nSPS) is 13.2. The molecule has 0 atom stereocenters. The lowest BCUT2D eigenvalue weighted by Gasteiger charge is -2.22. The number of nitrogens with one attached hydrogen (secondary N) is 1. The van der Waals surface area contributed by atoms with Gasteiger partial charge in [-0.1, -0.05) is 23.9 Å². The summed E-state index contributed by atoms with van der Waals surface area (Å²) in [7, 11) is 0. The lowest BCUT2D eigenvalue weighted by atomic mass is 9.97. The molecule has 0 saturated heterocycles. The Balaban J connectivity index is 1.75. The summed E-state index contributed by atoms with van der Waals surface area (Å²) in [6.45, 7) is 4.50. The van der Waals surface area contributed by atoms with Gasteiger partial charge in [0, 0.05) is 30.1 Å². The number of rotatable bonds is 7. The van der Waals surface area contributed by atoms with Crippen molar-refractivity contribution in [3.63, 3.8) is 0 Å². The van der Waals surface area contributed by atoms with E-state index in [1.54, 1.807) is 4.57 Å². The highest BCUT2D eigenvalue weighted by atomic mass is 32.2. The Morgan fingerprint density at radius 2 is 2.07 bits per heavy atom. The van der Waals surface area contributed by atoms with Crippen LogP contribution in [0.25, 0.3) is 0 Å². The van der Waals surface area contributed by atoms with E-state index in [0.29, 0.717) is 18.0 Å². The first-order chi connectivity index (χ1) is 13.5. The van der Waals surface area contributed by atoms with E-state index in [2.05, 4.69) is 10.3 Å². The molecule has 3 rings (SSSR count). The minimum Gasteiger partial charge on any atom is -0.396 e. The fraction of sp³-hybridized carbons (Fsp3) is 0.476. The quantitative estimate of drug-likeness (QED) is 0.551. The molecule has 0 unspecified atom stereocenters. The summed E-state index contributed by atoms with van der Waals surface area (Å²) in [5.74, 6) is 0.113. The van der Waals surface area contributed by atoms with Gasteiger partial charge in [-0.15, -0.1) is 0 Å². The van der Waals surface area contributed by atoms with E-state index in [1.807, 2.05) is 32.0 Å². The lowest BCUT2D eigenvalue weighted by molar-refractivity contribution is -0.113. The van der Waals surface area contributed by atoms with Gasteiger partial charge in [-0.25, -0.2) is 4.79 Å². The molecular formula is C21H27N3O3S. The van der Waals surface area contributed by atoms with Crippen LogP contribution in [0.15, 0.2) is 28.0 Å². The number of aromatic nitrogens is 2. The Morgan fingerprint density at radius 3 is 2.86 bits per heavy atom. The number of nitrogens with zero attached hydrogens (tertiary/aromatic N) is 2. The smallest absolute Gasteiger partial charge is 0.348 e. The largest absolute Gasteiger partial charge is 0.396 e. The molecule has 0 fully saturated rings. The van der Waals surface area contributed by atoms with Crippen LogP contribution in [0.2, 0.25) is 0 Å². The van der Waals surface area contributed by atoms with Crippen molar-refractivity contribution < 1.29 is 9.90 Å². The molecule has 1 aliphatic carbocycles. The summed E-state index contributed by atoms with van der Waals surface area (Å²) in [6.07, 6.45) is 4.38. The zero-order chi connectivity index (χ0) is 20.1. The van der Waals surface area contributed by atoms with Crippen LogP contribution in [0.3, 0.4) is 0 Å². The van der Waals surface area contributed by atoms with Gasteiger partial charge in [-0.05, 0) is 63.1 Å². The van der Waals surface area contributed by atoms with Crippen molar-refractivity contribution in [2.45, 2.75) is 57.5 Å². The molecule has 150 valence electrons. The summed E-state index contributed by atoms with van der Waals surface area (Å²) in [5, 5.41) is 12.7. The molecule has 0 spiro atoms. The Kier molecular flexibility index (Phi) is 6.91. The Bertz CT molecular complexity index is 924. The second kappa shape index (κ2) is 9.39. The molecular weight excluding hydrogens is 374 g/mol. The second-order valence-corrected chi connectivity index (χ2v) is 8.18. The standard InChI is InChI=1S/C21H27N3O3S/c1-14-8-9-15(2)17(12-14)22-19(26)13-28-20-16-6-3-4-7-18(16)24(10-5-11-25)21(27)23-20/h8-9,12,25H,3-7,10-11,13H2,1-2H3,(H,22,26). The van der Waals surface area contributed by atoms with Gasteiger partial charge in [0.25, 0.3) is 0 Å². The monoisotopic (exact) mass is 401 g/mol. The number of thioether (sulfide) groups is 1. The summed E-state index contributed by atoms with van der Waals surface area (Å²) >= 11 is 1.33. The van der Waals surface area contributed by atoms with Gasteiger partial charge >= 0.3 is 5.69 Å². The maximum Gasteiger partial charge on any atom is 0.348 e. The molecule has 7 heteroatoms. The number of hydrogen-bond acceptors (Lipinski definition) is 5. The first kappa shape index (κ1) is 20.6. The number of benzene rings is 1. The molecule has 0 radical (unpaired) electrons. The van der Waals surface area contributed by atoms with Crippen molar-refractivity contribution in [1.29, 1.82) is 0 Å². The summed E-state index contributed by atoms with van der Waals surface area (Å²) < 4.78 is 1.70. The molecule has 2 N–H and O–H groups in total. The highest BCUT2D eigenvalue weighted by molar-refractivity contribution is 8.00. The Hall–Kier alpha value is -2.12. The van der Waals surface area contributed by atoms with E-state index < -0.39 is 0 Å². The van der Waals surface area contributed by atoms with Crippen LogP contribution >= 0.6 is 11.8 Å². The molecule has 2 aromatic rings. The van der Waals surface area contributed by atoms with Gasteiger partial charge in [-0.3, -0.25) is 9.36 Å². The molecule has 1 aromatic carbocycles. The van der Waals surface area contributed by atoms with Crippen molar-refractivity contribution in [3.8, 4) is 0 Å². The second-order valence-electron chi connectivity index (χ2n) is 7.22. The zero-order valence-corrected chi connectivity index (χ0v) is 17.3. The van der Waals surface area contributed by atoms with Gasteiger partial charge in [0.2, 0.25) is 5.91 Å². The van der Waals surface area contributed by atoms with Gasteiger partial charge < -0.3 is 10.4 Å². The third kappa shape index (κ3) is 4.83. The van der Waals surface area contributed by atoms with E-state index >= 15 is 0 Å². The van der Waals surface area contributed by atoms with Crippen LogP contribution in [0, 0.1) is 13.8 Å². The third-order valence-electron chi connectivity index (χ3n) is 5.00. The molecule has 0 saturated carbocycles. The van der Waals surface area contributed by atoms with Crippen LogP contribution in [-0.2, 0) is 24.2 Å². The number of aryl methyl sites for hydroxylation is 2. The van der Waals surface area contributed by atoms with E-state index in [-0.39, 0.29) is 24.0 Å². The number of aliphatic hydroxyl groups is 1. The number of hydrogen-bond donors (Lipinski definition) is 2. The maximum atomic E-state index is 12.5. The van der Waals surface area contributed by atoms with Crippen molar-refractivity contribution in [3.05, 3.63) is 51.1 Å². The first-order valence-corrected chi connectivity index (χ1v) is 10.7. The van der Waals surface area contributed by atoms with Crippen molar-refractivity contribution >= 4 is 23.4 Å². The maximum absolute atomic E-state index is 12.5. The summed E-state index contributed by atoms with van der Waals surface area (Å²) in [4.78, 5) is 29.2. The molecule has 0 aliphatic heterocycles. The summed E-state index contributed by atoms with van der Waals surface area (Å²) in [6, 6.07) is 5.96. The predicted molar refractivity (Wildman–Crippen MR) is 112 cm³/mol. The molecule has 1 aliphatic rings. The van der Waals surface area contributed by atoms with E-state index in [4.69, 9.17) is 5.11 Å². The van der Waals surface area contributed by atoms with Crippen LogP contribution in [-0.4, -0.2) is 32.9 Å². The van der Waals surface area contributed by atoms with Gasteiger partial charge in [0.05, 0.1) is 5.75 Å². The van der Waals surface area contributed by atoms with Gasteiger partial charge in [-0.2, -0.15) is 4.98 Å². The topological polar surface area (TPSA) is 84.2 Å². The molecule has 1 amide bonds. The van der Waals surface area contributed by atoms with Crippen LogP contribution in [0.5, 0.6) is 0 Å². The lowest BCUT2D eigenvalue weighted by Crippen LogP contribution is -2.30. The van der Waals surface area contributed by atoms with Gasteiger partial charge in [0.15, 0.2) is 0 Å². The minimum atomic E-state index is -0.286. The number of carbonyl (C=O) groups is 1. The molecule has 6 nitrogen and oxygen atoms in total. The molecule has 1 aromatic heterocycles. The SMILES string of the molecule is Cc1ccc(C)c(NC(=O)CSc2nc(=O)n(CCCO)c3c2CCCC3)c1. The minimum absolute atomic E-state index is 0.0518. The van der Waals surface area contributed by atoms with Crippen LogP contribution in [0.4, 0.5) is 5.69 Å². The average Bonchev–Trinajstić information content (AvgIpc) is 2.68. The van der Waals surface area contributed by atoms with E-state index in [0.717, 1.165) is 53.8 Å². The average molecular weight is 402 g/mol. The fourth-order valence-corrected chi connectivity index (χ4v) is 4.39. The van der Waals surface area contributed by atoms with Crippen LogP contribution in [0.1, 0.15) is 41.6 Å². The van der Waals surface area contributed by atoms with Crippen molar-refractivity contribution in [1.82, 2.24) is 9.55 Å². The molecule has 0 bridgehead atoms. The number of anilines is 1. The van der Waals surface area contributed by atoms with Crippen molar-refractivity contribution in [2.24, 2.45) is 0 Å². The molecule has 1 heterocycles. The van der Waals surface area contributed by atoms with Crippen molar-refractivity contribution in [2.75, 3.05) is 17.7 Å². The third-order valence-corrected chi connectivity index (χ3v) is 6.02. The number of carbonyl (C=O) groups excluding carboxylic acids is 1. The summed E-state index contributed by atoms with van der Waals surface area (Å²) in [5.41, 5.74) is 4.76. The predicted octanol–water partition coefficient (Wildman–Crippen LogP) is 2.85. The fourth-order valence-electron chi connectivity index (χ4n) is 3.52. The van der Waals surface area contributed by atoms with E-state index in [9.17, 15) is 9.59 Å². The number of amides is 1.